The van der Waals surface area contributed by atoms with Gasteiger partial charge >= 0.3 is 0 Å². The van der Waals surface area contributed by atoms with Crippen LogP contribution in [-0.2, 0) is 0 Å². The molecule has 12 aromatic rings. The van der Waals surface area contributed by atoms with Crippen molar-refractivity contribution < 1.29 is 17.1 Å². The molecule has 0 saturated carbocycles. The molecule has 0 amide bonds. The maximum Gasteiger partial charge on any atom is 0.154 e. The van der Waals surface area contributed by atoms with Gasteiger partial charge in [0, 0.05) is 64.5 Å². The normalized spacial score (nSPS) is 12.3. The molecule has 0 atom stereocenters. The first kappa shape index (κ1) is 42.7. The SMILES string of the molecule is [2H]C([2H])([2H])c1cc2c(N(c3ccccc3)c3cccc(Cl)c3Cl)coc2cn1.[2H]C([2H])([2H])c1cc2c(N(c3ccccc3)c3cccc(N(c4ccccc4)c4ccccc4)c3Cl)coc2cn1.c1ccc(Nc2ccccc2)cc1. The fourth-order valence-corrected chi connectivity index (χ4v) is 9.14. The Hall–Kier alpha value is -8.79. The topological polar surface area (TPSA) is 73.8 Å². The van der Waals surface area contributed by atoms with Crippen LogP contribution in [0.1, 0.15) is 19.6 Å². The Labute approximate surface area is 459 Å². The molecule has 0 aliphatic carbocycles. The number of halogens is 3. The molecule has 0 aliphatic rings. The van der Waals surface area contributed by atoms with Gasteiger partial charge in [-0.15, -0.1) is 0 Å². The summed E-state index contributed by atoms with van der Waals surface area (Å²) in [5.74, 6) is 0. The van der Waals surface area contributed by atoms with E-state index in [4.69, 9.17) is 51.9 Å². The number of hydrogen-bond donors (Lipinski definition) is 1. The number of pyridine rings is 2. The van der Waals surface area contributed by atoms with E-state index in [1.54, 1.807) is 30.7 Å². The first-order valence-electron chi connectivity index (χ1n) is 26.7. The number of fused-ring (bicyclic) bond motifs is 2. The highest BCUT2D eigenvalue weighted by Crippen LogP contribution is 2.49. The van der Waals surface area contributed by atoms with Crippen molar-refractivity contribution in [3.63, 3.8) is 0 Å². The molecule has 0 fully saturated rings. The number of hydrogen-bond acceptors (Lipinski definition) is 8. The first-order chi connectivity index (χ1) is 39.2. The monoisotopic (exact) mass is 1040 g/mol. The predicted molar refractivity (Wildman–Crippen MR) is 313 cm³/mol. The fourth-order valence-electron chi connectivity index (χ4n) is 8.47. The van der Waals surface area contributed by atoms with Gasteiger partial charge in [0.15, 0.2) is 11.2 Å². The molecule has 368 valence electrons. The molecule has 8 aromatic carbocycles. The zero-order valence-corrected chi connectivity index (χ0v) is 42.2. The van der Waals surface area contributed by atoms with E-state index in [9.17, 15) is 0 Å². The maximum absolute atomic E-state index is 7.88. The van der Waals surface area contributed by atoms with Gasteiger partial charge in [0.1, 0.15) is 12.5 Å². The molecule has 75 heavy (non-hydrogen) atoms. The van der Waals surface area contributed by atoms with Crippen molar-refractivity contribution in [2.45, 2.75) is 13.7 Å². The first-order valence-corrected chi connectivity index (χ1v) is 24.8. The molecule has 0 bridgehead atoms. The van der Waals surface area contributed by atoms with Gasteiger partial charge in [-0.3, -0.25) is 9.97 Å². The van der Waals surface area contributed by atoms with Gasteiger partial charge < -0.3 is 28.9 Å². The van der Waals surface area contributed by atoms with Crippen molar-refractivity contribution in [2.24, 2.45) is 0 Å². The fraction of sp³-hybridized carbons (Fsp3) is 0.0312. The van der Waals surface area contributed by atoms with Crippen LogP contribution in [0.25, 0.3) is 21.9 Å². The van der Waals surface area contributed by atoms with E-state index < -0.39 is 13.7 Å². The summed E-state index contributed by atoms with van der Waals surface area (Å²) in [6.45, 7) is -4.68. The van der Waals surface area contributed by atoms with E-state index in [-0.39, 0.29) is 11.4 Å². The molecule has 12 rings (SSSR count). The average Bonchev–Trinajstić information content (AvgIpc) is 4.35. The van der Waals surface area contributed by atoms with Gasteiger partial charge in [-0.25, -0.2) is 0 Å². The summed E-state index contributed by atoms with van der Waals surface area (Å²) in [6, 6.07) is 74.0. The van der Waals surface area contributed by atoms with E-state index in [0.29, 0.717) is 59.8 Å². The number of furan rings is 2. The van der Waals surface area contributed by atoms with Gasteiger partial charge in [0.05, 0.1) is 55.9 Å². The number of rotatable bonds is 11. The standard InChI is InChI=1S/C32H24ClN3O.C20H14Cl2N2O.C12H11N/c1-23-20-27-30(22-37-31(27)21-34-23)36(26-16-9-4-10-17-26)29-19-11-18-28(32(29)33)35(24-12-5-2-6-13-24)25-14-7-3-8-15-25;1-13-10-15-18(12-25-19(15)11-23-13)24(14-6-3-2-4-7-14)17-9-5-8-16(21)20(17)22;1-3-7-11(8-4-1)13-12-9-5-2-6-10-12/h2-22H,1H3;2-12H,1H3;1-10,13H/i2*1D3;. The number of benzene rings is 8. The average molecular weight is 1050 g/mol. The Kier molecular flexibility index (Phi) is 13.3. The molecule has 0 spiro atoms. The van der Waals surface area contributed by atoms with Gasteiger partial charge in [-0.2, -0.15) is 0 Å². The lowest BCUT2D eigenvalue weighted by molar-refractivity contribution is 0.614. The Bertz CT molecular complexity index is 3930. The van der Waals surface area contributed by atoms with E-state index in [1.165, 1.54) is 18.5 Å². The second-order valence-electron chi connectivity index (χ2n) is 16.8. The van der Waals surface area contributed by atoms with Crippen LogP contribution in [-0.4, -0.2) is 9.97 Å². The molecule has 4 heterocycles. The highest BCUT2D eigenvalue weighted by molar-refractivity contribution is 6.44. The Balaban J connectivity index is 0.000000155. The third-order valence-corrected chi connectivity index (χ3v) is 13.1. The van der Waals surface area contributed by atoms with Crippen LogP contribution in [0.3, 0.4) is 0 Å². The zero-order chi connectivity index (χ0) is 56.5. The van der Waals surface area contributed by atoms with Crippen LogP contribution in [0.4, 0.5) is 62.6 Å². The van der Waals surface area contributed by atoms with Gasteiger partial charge in [-0.1, -0.05) is 156 Å². The summed E-state index contributed by atoms with van der Waals surface area (Å²) in [7, 11) is 0. The van der Waals surface area contributed by atoms with Crippen molar-refractivity contribution in [1.29, 1.82) is 0 Å². The van der Waals surface area contributed by atoms with Crippen LogP contribution in [0.2, 0.25) is 15.1 Å². The molecule has 8 nitrogen and oxygen atoms in total. The van der Waals surface area contributed by atoms with Crippen LogP contribution >= 0.6 is 34.8 Å². The molecule has 4 aromatic heterocycles. The smallest absolute Gasteiger partial charge is 0.154 e. The lowest BCUT2D eigenvalue weighted by Gasteiger charge is -2.30. The van der Waals surface area contributed by atoms with Crippen LogP contribution < -0.4 is 20.0 Å². The van der Waals surface area contributed by atoms with Crippen molar-refractivity contribution in [3.05, 3.63) is 282 Å². The molecule has 0 aliphatic heterocycles. The number of anilines is 11. The summed E-state index contributed by atoms with van der Waals surface area (Å²) >= 11 is 20.1. The summed E-state index contributed by atoms with van der Waals surface area (Å²) in [5, 5.41) is 5.84. The number of aromatic nitrogens is 2. The van der Waals surface area contributed by atoms with Crippen LogP contribution in [0.15, 0.2) is 264 Å². The van der Waals surface area contributed by atoms with Crippen LogP contribution in [0, 0.1) is 13.7 Å². The van der Waals surface area contributed by atoms with Gasteiger partial charge in [0.2, 0.25) is 0 Å². The summed E-state index contributed by atoms with van der Waals surface area (Å²) in [5.41, 5.74) is 10.2. The summed E-state index contributed by atoms with van der Waals surface area (Å²) in [6.07, 6.45) is 6.04. The summed E-state index contributed by atoms with van der Waals surface area (Å²) < 4.78 is 58.1. The highest BCUT2D eigenvalue weighted by atomic mass is 35.5. The Morgan fingerprint density at radius 2 is 0.733 bits per heavy atom. The third kappa shape index (κ3) is 11.4. The van der Waals surface area contributed by atoms with Crippen molar-refractivity contribution in [2.75, 3.05) is 20.0 Å². The van der Waals surface area contributed by atoms with E-state index in [0.717, 1.165) is 39.8 Å². The minimum Gasteiger partial charge on any atom is -0.460 e. The Morgan fingerprint density at radius 1 is 0.387 bits per heavy atom. The lowest BCUT2D eigenvalue weighted by Crippen LogP contribution is -2.14. The van der Waals surface area contributed by atoms with Crippen LogP contribution in [0.5, 0.6) is 0 Å². The van der Waals surface area contributed by atoms with Gasteiger partial charge in [-0.05, 0) is 123 Å². The highest BCUT2D eigenvalue weighted by Gasteiger charge is 2.25. The second kappa shape index (κ2) is 23.4. The molecule has 0 radical (unpaired) electrons. The van der Waals surface area contributed by atoms with E-state index in [1.807, 2.05) is 216 Å². The van der Waals surface area contributed by atoms with E-state index in [2.05, 4.69) is 20.2 Å². The molecular weight excluding hydrogens is 991 g/mol. The Morgan fingerprint density at radius 3 is 1.13 bits per heavy atom. The summed E-state index contributed by atoms with van der Waals surface area (Å²) in [4.78, 5) is 14.1. The molecule has 11 heteroatoms. The van der Waals surface area contributed by atoms with Crippen molar-refractivity contribution in [3.8, 4) is 0 Å². The quantitative estimate of drug-likeness (QED) is 0.137. The second-order valence-corrected chi connectivity index (χ2v) is 17.9. The number of aryl methyl sites for hydroxylation is 2. The largest absolute Gasteiger partial charge is 0.460 e. The van der Waals surface area contributed by atoms with Crippen molar-refractivity contribution in [1.82, 2.24) is 9.97 Å². The molecular formula is C64H49Cl3N6O2. The van der Waals surface area contributed by atoms with E-state index >= 15 is 0 Å². The predicted octanol–water partition coefficient (Wildman–Crippen LogP) is 20.1. The minimum absolute atomic E-state index is 0.00478. The molecule has 0 saturated heterocycles. The van der Waals surface area contributed by atoms with Gasteiger partial charge in [0.25, 0.3) is 0 Å². The maximum atomic E-state index is 7.88. The lowest BCUT2D eigenvalue weighted by atomic mass is 10.1. The minimum atomic E-state index is -2.36. The number of nitrogens with one attached hydrogen (secondary N) is 1. The molecule has 0 unspecified atom stereocenters. The number of nitrogens with zero attached hydrogens (tertiary/aromatic N) is 5. The van der Waals surface area contributed by atoms with Crippen molar-refractivity contribution >= 4 is 119 Å². The molecule has 1 N–H and O–H groups in total. The third-order valence-electron chi connectivity index (χ3n) is 11.9. The zero-order valence-electron chi connectivity index (χ0n) is 45.9. The number of para-hydroxylation sites is 6.